The van der Waals surface area contributed by atoms with Gasteiger partial charge in [-0.1, -0.05) is 63.1 Å². The van der Waals surface area contributed by atoms with Crippen molar-refractivity contribution in [1.29, 1.82) is 0 Å². The first-order chi connectivity index (χ1) is 18.5. The standard InChI is InChI=1S/C33H36O7/c1-15(2)25-27(36)23(18(5)34)29(38)33(40)30(39)26-28(37)24-21(13-31(26,6)14-32(25,33)7)20(8-9-22(24)35)19-11-16(3)10-17(4)12-19/h8-12,15,25,35,37-38,40H,13-14H2,1-7H3/t25?,31-,32-,33+/m1/s1. The second kappa shape index (κ2) is 8.64. The fourth-order valence-corrected chi connectivity index (χ4v) is 8.12. The van der Waals surface area contributed by atoms with Crippen LogP contribution in [0.3, 0.4) is 0 Å². The summed E-state index contributed by atoms with van der Waals surface area (Å²) in [4.78, 5) is 40.5. The van der Waals surface area contributed by atoms with Crippen molar-refractivity contribution >= 4 is 23.1 Å². The number of ketones is 3. The summed E-state index contributed by atoms with van der Waals surface area (Å²) in [5.41, 5.74) is -1.30. The van der Waals surface area contributed by atoms with Crippen molar-refractivity contribution in [3.63, 3.8) is 0 Å². The van der Waals surface area contributed by atoms with Crippen LogP contribution in [0.5, 0.6) is 5.75 Å². The smallest absolute Gasteiger partial charge is 0.203 e. The number of aliphatic hydroxyl groups is 3. The van der Waals surface area contributed by atoms with Crippen molar-refractivity contribution in [3.05, 3.63) is 69.5 Å². The van der Waals surface area contributed by atoms with Gasteiger partial charge in [0.2, 0.25) is 5.78 Å². The van der Waals surface area contributed by atoms with E-state index in [0.717, 1.165) is 29.2 Å². The van der Waals surface area contributed by atoms with E-state index < -0.39 is 56.8 Å². The third kappa shape index (κ3) is 3.43. The maximum absolute atomic E-state index is 14.4. The predicted molar refractivity (Wildman–Crippen MR) is 151 cm³/mol. The predicted octanol–water partition coefficient (Wildman–Crippen LogP) is 5.47. The number of hydrogen-bond acceptors (Lipinski definition) is 7. The van der Waals surface area contributed by atoms with Crippen LogP contribution >= 0.6 is 0 Å². The van der Waals surface area contributed by atoms with Crippen LogP contribution in [0.15, 0.2) is 47.2 Å². The van der Waals surface area contributed by atoms with Crippen molar-refractivity contribution in [2.45, 2.75) is 66.9 Å². The van der Waals surface area contributed by atoms with Gasteiger partial charge >= 0.3 is 0 Å². The minimum atomic E-state index is -2.61. The second-order valence-corrected chi connectivity index (χ2v) is 12.8. The van der Waals surface area contributed by atoms with E-state index in [2.05, 4.69) is 6.07 Å². The Morgan fingerprint density at radius 2 is 1.60 bits per heavy atom. The first kappa shape index (κ1) is 27.8. The average Bonchev–Trinajstić information content (AvgIpc) is 2.80. The highest BCUT2D eigenvalue weighted by molar-refractivity contribution is 6.24. The highest BCUT2D eigenvalue weighted by Crippen LogP contribution is 2.65. The molecule has 4 atom stereocenters. The zero-order chi connectivity index (χ0) is 29.7. The van der Waals surface area contributed by atoms with Gasteiger partial charge in [-0.05, 0) is 62.3 Å². The molecule has 3 aliphatic carbocycles. The molecule has 40 heavy (non-hydrogen) atoms. The highest BCUT2D eigenvalue weighted by Gasteiger charge is 2.72. The first-order valence-corrected chi connectivity index (χ1v) is 13.6. The topological polar surface area (TPSA) is 132 Å². The normalized spacial score (nSPS) is 29.9. The summed E-state index contributed by atoms with van der Waals surface area (Å²) >= 11 is 0. The Morgan fingerprint density at radius 1 is 1.00 bits per heavy atom. The number of allylic oxidation sites excluding steroid dienone is 1. The summed E-state index contributed by atoms with van der Waals surface area (Å²) in [5, 5.41) is 46.0. The first-order valence-electron chi connectivity index (χ1n) is 13.6. The molecule has 0 spiro atoms. The summed E-state index contributed by atoms with van der Waals surface area (Å²) in [6, 6.07) is 9.35. The number of aliphatic hydroxyl groups excluding tert-OH is 2. The largest absolute Gasteiger partial charge is 0.508 e. The fraction of sp³-hybridized carbons (Fsp3) is 0.424. The number of benzene rings is 2. The molecule has 5 rings (SSSR count). The van der Waals surface area contributed by atoms with Gasteiger partial charge in [0.25, 0.3) is 0 Å². The molecule has 7 nitrogen and oxygen atoms in total. The monoisotopic (exact) mass is 544 g/mol. The number of carbonyl (C=O) groups excluding carboxylic acids is 3. The van der Waals surface area contributed by atoms with Gasteiger partial charge in [-0.3, -0.25) is 14.4 Å². The molecule has 2 aromatic rings. The van der Waals surface area contributed by atoms with Gasteiger partial charge < -0.3 is 20.4 Å². The lowest BCUT2D eigenvalue weighted by Gasteiger charge is -2.59. The molecule has 7 heteroatoms. The Balaban J connectivity index is 1.83. The molecule has 1 fully saturated rings. The summed E-state index contributed by atoms with van der Waals surface area (Å²) in [6.45, 7) is 12.1. The molecule has 4 N–H and O–H groups in total. The van der Waals surface area contributed by atoms with Crippen LogP contribution in [0, 0.1) is 36.5 Å². The average molecular weight is 545 g/mol. The molecule has 1 saturated carbocycles. The van der Waals surface area contributed by atoms with Gasteiger partial charge in [0, 0.05) is 22.3 Å². The number of phenols is 1. The van der Waals surface area contributed by atoms with Crippen molar-refractivity contribution in [2.75, 3.05) is 0 Å². The van der Waals surface area contributed by atoms with Crippen molar-refractivity contribution < 1.29 is 34.8 Å². The summed E-state index contributed by atoms with van der Waals surface area (Å²) < 4.78 is 0. The lowest BCUT2D eigenvalue weighted by Crippen LogP contribution is -2.69. The SMILES string of the molecule is CC(=O)C1=C(O)[C@]2(O)C(=O)C3=C(O)c4c(O)ccc(-c5cc(C)cc(C)c5)c4C[C@]3(C)C[C@]2(C)C(C(C)C)C1=O. The van der Waals surface area contributed by atoms with Crippen LogP contribution in [0.1, 0.15) is 63.3 Å². The maximum Gasteiger partial charge on any atom is 0.203 e. The highest BCUT2D eigenvalue weighted by atomic mass is 16.3. The van der Waals surface area contributed by atoms with Crippen LogP contribution in [0.25, 0.3) is 16.9 Å². The Bertz CT molecular complexity index is 1570. The van der Waals surface area contributed by atoms with E-state index in [1.807, 2.05) is 32.9 Å². The van der Waals surface area contributed by atoms with Crippen molar-refractivity contribution in [2.24, 2.45) is 22.7 Å². The van der Waals surface area contributed by atoms with Gasteiger partial charge in [0.1, 0.15) is 22.8 Å². The molecule has 0 radical (unpaired) electrons. The van der Waals surface area contributed by atoms with E-state index in [9.17, 15) is 34.8 Å². The molecule has 0 aromatic heterocycles. The summed E-state index contributed by atoms with van der Waals surface area (Å²) in [7, 11) is 0. The van der Waals surface area contributed by atoms with Crippen LogP contribution in [0.2, 0.25) is 0 Å². The lowest BCUT2D eigenvalue weighted by molar-refractivity contribution is -0.178. The molecule has 0 saturated heterocycles. The van der Waals surface area contributed by atoms with E-state index in [-0.39, 0.29) is 35.6 Å². The summed E-state index contributed by atoms with van der Waals surface area (Å²) in [6.07, 6.45) is 0.297. The van der Waals surface area contributed by atoms with E-state index in [1.165, 1.54) is 6.07 Å². The number of hydrogen-bond donors (Lipinski definition) is 4. The number of phenolic OH excluding ortho intramolecular Hbond substituents is 1. The molecular weight excluding hydrogens is 508 g/mol. The van der Waals surface area contributed by atoms with Crippen LogP contribution in [0.4, 0.5) is 0 Å². The Hall–Kier alpha value is -3.71. The van der Waals surface area contributed by atoms with Gasteiger partial charge in [-0.25, -0.2) is 0 Å². The zero-order valence-corrected chi connectivity index (χ0v) is 24.0. The maximum atomic E-state index is 14.4. The lowest BCUT2D eigenvalue weighted by atomic mass is 9.43. The Kier molecular flexibility index (Phi) is 6.02. The third-order valence-electron chi connectivity index (χ3n) is 9.42. The number of rotatable bonds is 3. The van der Waals surface area contributed by atoms with Crippen LogP contribution < -0.4 is 0 Å². The van der Waals surface area contributed by atoms with Crippen molar-refractivity contribution in [1.82, 2.24) is 0 Å². The number of aromatic hydroxyl groups is 1. The van der Waals surface area contributed by atoms with Gasteiger partial charge in [-0.2, -0.15) is 0 Å². The van der Waals surface area contributed by atoms with Crippen LogP contribution in [-0.2, 0) is 20.8 Å². The van der Waals surface area contributed by atoms with Crippen molar-refractivity contribution in [3.8, 4) is 16.9 Å². The molecule has 0 amide bonds. The molecule has 210 valence electrons. The van der Waals surface area contributed by atoms with E-state index >= 15 is 0 Å². The fourth-order valence-electron chi connectivity index (χ4n) is 8.12. The Morgan fingerprint density at radius 3 is 2.15 bits per heavy atom. The van der Waals surface area contributed by atoms with E-state index in [1.54, 1.807) is 26.8 Å². The second-order valence-electron chi connectivity index (χ2n) is 12.8. The zero-order valence-electron chi connectivity index (χ0n) is 24.0. The molecule has 2 aromatic carbocycles. The molecule has 0 bridgehead atoms. The quantitative estimate of drug-likeness (QED) is 0.377. The molecular formula is C33H36O7. The van der Waals surface area contributed by atoms with E-state index in [0.29, 0.717) is 5.56 Å². The number of aryl methyl sites for hydroxylation is 2. The number of fused-ring (bicyclic) bond motifs is 3. The molecule has 1 unspecified atom stereocenters. The molecule has 3 aliphatic rings. The summed E-state index contributed by atoms with van der Waals surface area (Å²) in [5.74, 6) is -5.26. The molecule has 0 heterocycles. The van der Waals surface area contributed by atoms with Gasteiger partial charge in [0.15, 0.2) is 17.2 Å². The van der Waals surface area contributed by atoms with Crippen LogP contribution in [-0.4, -0.2) is 43.4 Å². The third-order valence-corrected chi connectivity index (χ3v) is 9.42. The van der Waals surface area contributed by atoms with E-state index in [4.69, 9.17) is 0 Å². The molecule has 0 aliphatic heterocycles. The minimum Gasteiger partial charge on any atom is -0.508 e. The van der Waals surface area contributed by atoms with Gasteiger partial charge in [0.05, 0.1) is 5.56 Å². The number of carbonyl (C=O) groups is 3. The minimum absolute atomic E-state index is 0.0623. The Labute approximate surface area is 233 Å². The van der Waals surface area contributed by atoms with Gasteiger partial charge in [-0.15, -0.1) is 0 Å². The number of Topliss-reactive ketones (excluding diaryl/α,β-unsaturated/α-hetero) is 3.